The molecule has 2 heterocycles. The van der Waals surface area contributed by atoms with Gasteiger partial charge in [-0.1, -0.05) is 6.07 Å². The number of hydrogen-bond donors (Lipinski definition) is 3. The van der Waals surface area contributed by atoms with E-state index in [0.29, 0.717) is 22.8 Å². The maximum atomic E-state index is 12.7. The Morgan fingerprint density at radius 3 is 2.62 bits per heavy atom. The van der Waals surface area contributed by atoms with Gasteiger partial charge >= 0.3 is 5.97 Å². The summed E-state index contributed by atoms with van der Waals surface area (Å²) in [6.45, 7) is 0. The number of nitrogen functional groups attached to an aromatic ring is 1. The van der Waals surface area contributed by atoms with Gasteiger partial charge in [-0.3, -0.25) is 9.48 Å². The van der Waals surface area contributed by atoms with Gasteiger partial charge in [-0.05, 0) is 48.5 Å². The van der Waals surface area contributed by atoms with Crippen LogP contribution in [0.5, 0.6) is 0 Å². The van der Waals surface area contributed by atoms with Crippen molar-refractivity contribution in [2.24, 2.45) is 7.05 Å². The molecule has 0 saturated heterocycles. The van der Waals surface area contributed by atoms with Crippen LogP contribution in [0.1, 0.15) is 20.7 Å². The van der Waals surface area contributed by atoms with E-state index in [1.165, 1.54) is 12.1 Å². The van der Waals surface area contributed by atoms with E-state index in [1.807, 2.05) is 19.2 Å². The number of carboxylic acids is 1. The molecule has 4 aromatic rings. The lowest BCUT2D eigenvalue weighted by Gasteiger charge is -2.07. The Morgan fingerprint density at radius 2 is 1.90 bits per heavy atom. The molecular formula is C21H17N5O3. The van der Waals surface area contributed by atoms with Gasteiger partial charge in [0.15, 0.2) is 0 Å². The standard InChI is InChI=1S/C21H17N5O3/c1-26-17-7-5-12(20(27)24-15-4-2-3-13(9-15)21(28)29)10-16(17)19(25-26)14-6-8-18(22)23-11-14/h2-11H,1H3,(H2,22,23)(H,24,27)(H,28,29). The highest BCUT2D eigenvalue weighted by Gasteiger charge is 2.15. The fourth-order valence-electron chi connectivity index (χ4n) is 3.10. The second-order valence-electron chi connectivity index (χ2n) is 6.52. The molecule has 0 aliphatic rings. The number of hydrogen-bond acceptors (Lipinski definition) is 5. The minimum atomic E-state index is -1.06. The summed E-state index contributed by atoms with van der Waals surface area (Å²) in [5.74, 6) is -0.989. The summed E-state index contributed by atoms with van der Waals surface area (Å²) in [5, 5.41) is 17.2. The number of carbonyl (C=O) groups excluding carboxylic acids is 1. The summed E-state index contributed by atoms with van der Waals surface area (Å²) in [4.78, 5) is 27.9. The maximum absolute atomic E-state index is 12.7. The summed E-state index contributed by atoms with van der Waals surface area (Å²) in [6.07, 6.45) is 1.64. The van der Waals surface area contributed by atoms with E-state index in [1.54, 1.807) is 41.2 Å². The number of fused-ring (bicyclic) bond motifs is 1. The molecule has 0 radical (unpaired) electrons. The molecule has 2 aromatic heterocycles. The van der Waals surface area contributed by atoms with Crippen molar-refractivity contribution < 1.29 is 14.7 Å². The van der Waals surface area contributed by atoms with Crippen LogP contribution in [0.4, 0.5) is 11.5 Å². The lowest BCUT2D eigenvalue weighted by molar-refractivity contribution is 0.0696. The molecule has 0 aliphatic heterocycles. The van der Waals surface area contributed by atoms with Gasteiger partial charge in [0.05, 0.1) is 11.1 Å². The quantitative estimate of drug-likeness (QED) is 0.494. The van der Waals surface area contributed by atoms with Gasteiger partial charge in [0.1, 0.15) is 11.5 Å². The Morgan fingerprint density at radius 1 is 1.07 bits per heavy atom. The van der Waals surface area contributed by atoms with Gasteiger partial charge in [0.25, 0.3) is 5.91 Å². The van der Waals surface area contributed by atoms with E-state index in [4.69, 9.17) is 10.8 Å². The van der Waals surface area contributed by atoms with Gasteiger partial charge in [0.2, 0.25) is 0 Å². The smallest absolute Gasteiger partial charge is 0.335 e. The number of amides is 1. The van der Waals surface area contributed by atoms with E-state index in [0.717, 1.165) is 16.5 Å². The van der Waals surface area contributed by atoms with E-state index in [2.05, 4.69) is 15.4 Å². The second-order valence-corrected chi connectivity index (χ2v) is 6.52. The monoisotopic (exact) mass is 387 g/mol. The average Bonchev–Trinajstić information content (AvgIpc) is 3.05. The van der Waals surface area contributed by atoms with Crippen LogP contribution >= 0.6 is 0 Å². The van der Waals surface area contributed by atoms with Gasteiger partial charge in [0, 0.05) is 35.4 Å². The number of nitrogens with zero attached hydrogens (tertiary/aromatic N) is 3. The number of carboxylic acid groups (broad SMARTS) is 1. The highest BCUT2D eigenvalue weighted by atomic mass is 16.4. The van der Waals surface area contributed by atoms with Crippen molar-refractivity contribution in [1.29, 1.82) is 0 Å². The fraction of sp³-hybridized carbons (Fsp3) is 0.0476. The molecule has 2 aromatic carbocycles. The molecule has 8 heteroatoms. The van der Waals surface area contributed by atoms with Crippen LogP contribution in [0.3, 0.4) is 0 Å². The number of nitrogens with two attached hydrogens (primary N) is 1. The number of carbonyl (C=O) groups is 2. The highest BCUT2D eigenvalue weighted by molar-refractivity contribution is 6.08. The fourth-order valence-corrected chi connectivity index (χ4v) is 3.10. The Balaban J connectivity index is 1.70. The summed E-state index contributed by atoms with van der Waals surface area (Å²) in [6, 6.07) is 14.9. The summed E-state index contributed by atoms with van der Waals surface area (Å²) in [7, 11) is 1.83. The normalized spacial score (nSPS) is 10.8. The Bertz CT molecular complexity index is 1250. The minimum Gasteiger partial charge on any atom is -0.478 e. The molecule has 0 bridgehead atoms. The number of pyridine rings is 1. The van der Waals surface area contributed by atoms with E-state index in [9.17, 15) is 9.59 Å². The van der Waals surface area contributed by atoms with Gasteiger partial charge in [-0.15, -0.1) is 0 Å². The number of aromatic nitrogens is 3. The van der Waals surface area contributed by atoms with Crippen molar-refractivity contribution in [2.45, 2.75) is 0 Å². The van der Waals surface area contributed by atoms with E-state index < -0.39 is 5.97 Å². The van der Waals surface area contributed by atoms with E-state index >= 15 is 0 Å². The predicted octanol–water partition coefficient (Wildman–Crippen LogP) is 3.17. The molecule has 0 unspecified atom stereocenters. The molecule has 0 spiro atoms. The number of rotatable bonds is 4. The lowest BCUT2D eigenvalue weighted by Crippen LogP contribution is -2.12. The Labute approximate surface area is 165 Å². The third kappa shape index (κ3) is 3.51. The Hall–Kier alpha value is -4.20. The number of nitrogens with one attached hydrogen (secondary N) is 1. The molecule has 0 fully saturated rings. The largest absolute Gasteiger partial charge is 0.478 e. The molecule has 0 atom stereocenters. The van der Waals surface area contributed by atoms with Crippen LogP contribution in [0, 0.1) is 0 Å². The number of aryl methyl sites for hydroxylation is 1. The first-order valence-corrected chi connectivity index (χ1v) is 8.76. The Kier molecular flexibility index (Phi) is 4.44. The highest BCUT2D eigenvalue weighted by Crippen LogP contribution is 2.28. The summed E-state index contributed by atoms with van der Waals surface area (Å²) < 4.78 is 1.74. The first kappa shape index (κ1) is 18.2. The van der Waals surface area contributed by atoms with Crippen LogP contribution in [0.15, 0.2) is 60.8 Å². The van der Waals surface area contributed by atoms with Gasteiger partial charge < -0.3 is 16.2 Å². The van der Waals surface area contributed by atoms with Crippen LogP contribution < -0.4 is 11.1 Å². The SMILES string of the molecule is Cn1nc(-c2ccc(N)nc2)c2cc(C(=O)Nc3cccc(C(=O)O)c3)ccc21. The van der Waals surface area contributed by atoms with Gasteiger partial charge in [-0.25, -0.2) is 9.78 Å². The van der Waals surface area contributed by atoms with Crippen molar-refractivity contribution in [3.8, 4) is 11.3 Å². The third-order valence-electron chi connectivity index (χ3n) is 4.54. The molecule has 0 saturated carbocycles. The lowest BCUT2D eigenvalue weighted by atomic mass is 10.1. The van der Waals surface area contributed by atoms with Crippen molar-refractivity contribution in [3.05, 3.63) is 71.9 Å². The topological polar surface area (TPSA) is 123 Å². The van der Waals surface area contributed by atoms with E-state index in [-0.39, 0.29) is 11.5 Å². The van der Waals surface area contributed by atoms with Crippen LogP contribution in [0.25, 0.3) is 22.2 Å². The first-order chi connectivity index (χ1) is 13.9. The maximum Gasteiger partial charge on any atom is 0.335 e. The summed E-state index contributed by atoms with van der Waals surface area (Å²) in [5.41, 5.74) is 8.94. The van der Waals surface area contributed by atoms with Crippen LogP contribution in [0.2, 0.25) is 0 Å². The zero-order chi connectivity index (χ0) is 20.5. The number of aromatic carboxylic acids is 1. The van der Waals surface area contributed by atoms with Crippen LogP contribution in [-0.4, -0.2) is 31.7 Å². The molecule has 0 aliphatic carbocycles. The van der Waals surface area contributed by atoms with Crippen molar-refractivity contribution in [2.75, 3.05) is 11.1 Å². The molecule has 4 rings (SSSR count). The molecule has 1 amide bonds. The zero-order valence-corrected chi connectivity index (χ0v) is 15.5. The van der Waals surface area contributed by atoms with Crippen molar-refractivity contribution >= 4 is 34.3 Å². The second kappa shape index (κ2) is 7.08. The summed E-state index contributed by atoms with van der Waals surface area (Å²) >= 11 is 0. The molecule has 29 heavy (non-hydrogen) atoms. The van der Waals surface area contributed by atoms with Crippen molar-refractivity contribution in [3.63, 3.8) is 0 Å². The number of anilines is 2. The molecule has 4 N–H and O–H groups in total. The molecular weight excluding hydrogens is 370 g/mol. The third-order valence-corrected chi connectivity index (χ3v) is 4.54. The first-order valence-electron chi connectivity index (χ1n) is 8.76. The molecule has 8 nitrogen and oxygen atoms in total. The minimum absolute atomic E-state index is 0.101. The van der Waals surface area contributed by atoms with Crippen molar-refractivity contribution in [1.82, 2.24) is 14.8 Å². The zero-order valence-electron chi connectivity index (χ0n) is 15.5. The molecule has 144 valence electrons. The van der Waals surface area contributed by atoms with Gasteiger partial charge in [-0.2, -0.15) is 5.10 Å². The van der Waals surface area contributed by atoms with Crippen LogP contribution in [-0.2, 0) is 7.05 Å². The number of benzene rings is 2. The predicted molar refractivity (Wildman–Crippen MR) is 110 cm³/mol. The average molecular weight is 387 g/mol.